The van der Waals surface area contributed by atoms with Crippen molar-refractivity contribution in [3.05, 3.63) is 76.2 Å². The third-order valence-electron chi connectivity index (χ3n) is 5.44. The van der Waals surface area contributed by atoms with Gasteiger partial charge in [0.05, 0.1) is 25.1 Å². The molecule has 0 spiro atoms. The number of carbonyl (C=O) groups is 2. The minimum absolute atomic E-state index is 0.146. The Hall–Kier alpha value is -3.51. The van der Waals surface area contributed by atoms with Gasteiger partial charge in [0.15, 0.2) is 0 Å². The molecule has 0 bridgehead atoms. The molecule has 0 N–H and O–H groups in total. The summed E-state index contributed by atoms with van der Waals surface area (Å²) in [5.41, 5.74) is 10.9. The van der Waals surface area contributed by atoms with Crippen LogP contribution < -0.4 is 4.74 Å². The van der Waals surface area contributed by atoms with E-state index in [-0.39, 0.29) is 12.5 Å². The third-order valence-corrected chi connectivity index (χ3v) is 5.44. The van der Waals surface area contributed by atoms with E-state index in [0.29, 0.717) is 30.6 Å². The summed E-state index contributed by atoms with van der Waals surface area (Å²) in [6.45, 7) is 2.10. The van der Waals surface area contributed by atoms with Gasteiger partial charge in [-0.3, -0.25) is 4.79 Å². The molecule has 2 aromatic carbocycles. The smallest absolute Gasteiger partial charge is 0.416 e. The van der Waals surface area contributed by atoms with E-state index in [2.05, 4.69) is 10.0 Å². The maximum atomic E-state index is 13.6. The van der Waals surface area contributed by atoms with Gasteiger partial charge in [-0.2, -0.15) is 0 Å². The Morgan fingerprint density at radius 2 is 1.97 bits per heavy atom. The largest absolute Gasteiger partial charge is 0.497 e. The number of azide groups is 1. The van der Waals surface area contributed by atoms with Crippen LogP contribution in [-0.2, 0) is 16.0 Å². The van der Waals surface area contributed by atoms with Gasteiger partial charge in [-0.1, -0.05) is 60.9 Å². The lowest BCUT2D eigenvalue weighted by Crippen LogP contribution is -2.44. The second-order valence-corrected chi connectivity index (χ2v) is 7.45. The van der Waals surface area contributed by atoms with Crippen molar-refractivity contribution in [2.45, 2.75) is 38.3 Å². The predicted octanol–water partition coefficient (Wildman–Crippen LogP) is 5.05. The number of amides is 2. The molecule has 0 radical (unpaired) electrons. The summed E-state index contributed by atoms with van der Waals surface area (Å²) in [5, 5.41) is 3.94. The standard InChI is InChI=1S/C23H26N4O4/c1-3-7-20(21(25-26-24)17-10-12-19(30-2)13-11-17)22(28)27-18(15-31-23(27)29)14-16-8-5-4-6-9-16/h4-6,8-13,18,20-21H,3,7,14-15H2,1-2H3/t18-,20+,21-/m0/s1. The Labute approximate surface area is 181 Å². The van der Waals surface area contributed by atoms with Crippen molar-refractivity contribution in [1.82, 2.24) is 4.90 Å². The maximum absolute atomic E-state index is 13.6. The maximum Gasteiger partial charge on any atom is 0.416 e. The normalized spacial score (nSPS) is 17.4. The van der Waals surface area contributed by atoms with Crippen LogP contribution in [-0.4, -0.2) is 36.7 Å². The van der Waals surface area contributed by atoms with E-state index < -0.39 is 24.1 Å². The highest BCUT2D eigenvalue weighted by molar-refractivity contribution is 5.95. The lowest BCUT2D eigenvalue weighted by atomic mass is 9.88. The number of ether oxygens (including phenoxy) is 2. The second-order valence-electron chi connectivity index (χ2n) is 7.45. The number of imide groups is 1. The molecule has 162 valence electrons. The first kappa shape index (κ1) is 22.2. The Morgan fingerprint density at radius 3 is 2.58 bits per heavy atom. The summed E-state index contributed by atoms with van der Waals surface area (Å²) in [4.78, 5) is 30.2. The fourth-order valence-electron chi connectivity index (χ4n) is 3.91. The van der Waals surface area contributed by atoms with Crippen LogP contribution in [0.15, 0.2) is 59.7 Å². The molecule has 1 saturated heterocycles. The van der Waals surface area contributed by atoms with Gasteiger partial charge in [0, 0.05) is 4.91 Å². The summed E-state index contributed by atoms with van der Waals surface area (Å²) < 4.78 is 10.4. The lowest BCUT2D eigenvalue weighted by Gasteiger charge is -2.28. The fourth-order valence-corrected chi connectivity index (χ4v) is 3.91. The van der Waals surface area contributed by atoms with E-state index in [4.69, 9.17) is 9.47 Å². The molecule has 1 fully saturated rings. The average molecular weight is 422 g/mol. The molecule has 1 aliphatic rings. The topological polar surface area (TPSA) is 105 Å². The van der Waals surface area contributed by atoms with Crippen LogP contribution in [0.25, 0.3) is 10.4 Å². The van der Waals surface area contributed by atoms with Crippen LogP contribution in [0.2, 0.25) is 0 Å². The van der Waals surface area contributed by atoms with Crippen molar-refractivity contribution in [3.8, 4) is 5.75 Å². The van der Waals surface area contributed by atoms with Crippen molar-refractivity contribution in [1.29, 1.82) is 0 Å². The minimum Gasteiger partial charge on any atom is -0.497 e. The first-order valence-electron chi connectivity index (χ1n) is 10.3. The lowest BCUT2D eigenvalue weighted by molar-refractivity contribution is -0.134. The zero-order valence-electron chi connectivity index (χ0n) is 17.7. The van der Waals surface area contributed by atoms with Crippen LogP contribution in [0.4, 0.5) is 4.79 Å². The van der Waals surface area contributed by atoms with E-state index in [0.717, 1.165) is 5.56 Å². The monoisotopic (exact) mass is 422 g/mol. The van der Waals surface area contributed by atoms with Gasteiger partial charge >= 0.3 is 6.09 Å². The molecule has 3 atom stereocenters. The van der Waals surface area contributed by atoms with Crippen LogP contribution in [0.3, 0.4) is 0 Å². The SMILES string of the molecule is CCC[C@@H](C(=O)N1C(=O)OC[C@@H]1Cc1ccccc1)[C@@H](N=[N+]=[N-])c1ccc(OC)cc1. The Morgan fingerprint density at radius 1 is 1.26 bits per heavy atom. The van der Waals surface area contributed by atoms with Gasteiger partial charge in [0.2, 0.25) is 5.91 Å². The number of hydrogen-bond donors (Lipinski definition) is 0. The van der Waals surface area contributed by atoms with Gasteiger partial charge in [0.1, 0.15) is 12.4 Å². The van der Waals surface area contributed by atoms with Gasteiger partial charge in [-0.15, -0.1) is 0 Å². The van der Waals surface area contributed by atoms with Crippen molar-refractivity contribution < 1.29 is 19.1 Å². The van der Waals surface area contributed by atoms with E-state index in [1.54, 1.807) is 31.4 Å². The average Bonchev–Trinajstić information content (AvgIpc) is 3.16. The molecular weight excluding hydrogens is 396 g/mol. The van der Waals surface area contributed by atoms with Gasteiger partial charge in [-0.25, -0.2) is 9.69 Å². The quantitative estimate of drug-likeness (QED) is 0.320. The number of methoxy groups -OCH3 is 1. The van der Waals surface area contributed by atoms with E-state index in [1.807, 2.05) is 37.3 Å². The number of hydrogen-bond acceptors (Lipinski definition) is 5. The zero-order chi connectivity index (χ0) is 22.2. The third kappa shape index (κ3) is 5.16. The molecule has 1 heterocycles. The Kier molecular flexibility index (Phi) is 7.51. The highest BCUT2D eigenvalue weighted by atomic mass is 16.6. The molecular formula is C23H26N4O4. The highest BCUT2D eigenvalue weighted by Gasteiger charge is 2.42. The second kappa shape index (κ2) is 10.5. The van der Waals surface area contributed by atoms with Crippen molar-refractivity contribution in [2.75, 3.05) is 13.7 Å². The molecule has 0 aromatic heterocycles. The minimum atomic E-state index is -0.742. The zero-order valence-corrected chi connectivity index (χ0v) is 17.7. The number of rotatable bonds is 9. The summed E-state index contributed by atoms with van der Waals surface area (Å²) in [6.07, 6.45) is 1.01. The number of carbonyl (C=O) groups excluding carboxylic acids is 2. The molecule has 0 saturated carbocycles. The molecule has 8 nitrogen and oxygen atoms in total. The number of nitrogens with zero attached hydrogens (tertiary/aromatic N) is 4. The summed E-state index contributed by atoms with van der Waals surface area (Å²) in [6, 6.07) is 15.6. The van der Waals surface area contributed by atoms with Crippen molar-refractivity contribution in [2.24, 2.45) is 11.0 Å². The molecule has 2 aromatic rings. The van der Waals surface area contributed by atoms with Gasteiger partial charge in [-0.05, 0) is 41.6 Å². The molecule has 1 aliphatic heterocycles. The van der Waals surface area contributed by atoms with E-state index >= 15 is 0 Å². The Bertz CT molecular complexity index is 942. The van der Waals surface area contributed by atoms with Crippen LogP contribution in [0.1, 0.15) is 36.9 Å². The summed E-state index contributed by atoms with van der Waals surface area (Å²) in [5.74, 6) is -0.399. The summed E-state index contributed by atoms with van der Waals surface area (Å²) >= 11 is 0. The van der Waals surface area contributed by atoms with Gasteiger partial charge in [0.25, 0.3) is 0 Å². The van der Waals surface area contributed by atoms with Crippen molar-refractivity contribution >= 4 is 12.0 Å². The molecule has 8 heteroatoms. The molecule has 0 aliphatic carbocycles. The van der Waals surface area contributed by atoms with Crippen molar-refractivity contribution in [3.63, 3.8) is 0 Å². The summed E-state index contributed by atoms with van der Waals surface area (Å²) in [7, 11) is 1.56. The van der Waals surface area contributed by atoms with E-state index in [1.165, 1.54) is 4.90 Å². The van der Waals surface area contributed by atoms with E-state index in [9.17, 15) is 15.1 Å². The first-order chi connectivity index (χ1) is 15.1. The number of cyclic esters (lactones) is 1. The molecule has 0 unspecified atom stereocenters. The molecule has 3 rings (SSSR count). The van der Waals surface area contributed by atoms with Gasteiger partial charge < -0.3 is 9.47 Å². The number of benzene rings is 2. The molecule has 31 heavy (non-hydrogen) atoms. The first-order valence-corrected chi connectivity index (χ1v) is 10.3. The Balaban J connectivity index is 1.90. The molecule has 2 amide bonds. The fraction of sp³-hybridized carbons (Fsp3) is 0.391. The van der Waals surface area contributed by atoms with Crippen LogP contribution in [0.5, 0.6) is 5.75 Å². The van der Waals surface area contributed by atoms with Crippen LogP contribution >= 0.6 is 0 Å². The highest BCUT2D eigenvalue weighted by Crippen LogP contribution is 2.34. The predicted molar refractivity (Wildman–Crippen MR) is 115 cm³/mol. The van der Waals surface area contributed by atoms with Crippen LogP contribution in [0, 0.1) is 5.92 Å².